The fraction of sp³-hybridized carbons (Fsp3) is 0.412. The van der Waals surface area contributed by atoms with Gasteiger partial charge in [-0.3, -0.25) is 10.1 Å². The van der Waals surface area contributed by atoms with Gasteiger partial charge in [0.25, 0.3) is 5.91 Å². The molecule has 26 heavy (non-hydrogen) atoms. The third-order valence-corrected chi connectivity index (χ3v) is 5.45. The van der Waals surface area contributed by atoms with Gasteiger partial charge in [-0.25, -0.2) is 9.18 Å². The van der Waals surface area contributed by atoms with Gasteiger partial charge in [0.15, 0.2) is 0 Å². The van der Waals surface area contributed by atoms with E-state index in [1.807, 2.05) is 0 Å². The van der Waals surface area contributed by atoms with E-state index in [1.165, 1.54) is 23.5 Å². The summed E-state index contributed by atoms with van der Waals surface area (Å²) in [6.07, 6.45) is 4.12. The van der Waals surface area contributed by atoms with Crippen molar-refractivity contribution in [3.05, 3.63) is 34.6 Å². The van der Waals surface area contributed by atoms with Crippen LogP contribution in [-0.2, 0) is 0 Å². The number of likely N-dealkylation sites (tertiary alicyclic amines) is 1. The van der Waals surface area contributed by atoms with Gasteiger partial charge < -0.3 is 10.2 Å². The molecule has 1 aromatic carbocycles. The number of aromatic nitrogens is 2. The van der Waals surface area contributed by atoms with Crippen molar-refractivity contribution in [1.82, 2.24) is 15.1 Å². The van der Waals surface area contributed by atoms with Crippen LogP contribution in [0.15, 0.2) is 18.2 Å². The zero-order valence-electron chi connectivity index (χ0n) is 14.0. The lowest BCUT2D eigenvalue weighted by atomic mass is 10.1. The molecule has 0 radical (unpaired) electrons. The van der Waals surface area contributed by atoms with Crippen LogP contribution in [0, 0.1) is 5.82 Å². The Morgan fingerprint density at radius 3 is 2.65 bits per heavy atom. The van der Waals surface area contributed by atoms with Gasteiger partial charge in [-0.2, -0.15) is 0 Å². The van der Waals surface area contributed by atoms with Crippen molar-refractivity contribution in [3.8, 4) is 0 Å². The van der Waals surface area contributed by atoms with Gasteiger partial charge in [-0.1, -0.05) is 11.3 Å². The number of hydrogen-bond donors (Lipinski definition) is 2. The van der Waals surface area contributed by atoms with Crippen molar-refractivity contribution in [1.29, 1.82) is 0 Å². The fourth-order valence-electron chi connectivity index (χ4n) is 2.87. The van der Waals surface area contributed by atoms with Crippen molar-refractivity contribution in [2.24, 2.45) is 0 Å². The third kappa shape index (κ3) is 3.67. The van der Waals surface area contributed by atoms with E-state index in [2.05, 4.69) is 20.8 Å². The molecule has 1 aliphatic carbocycles. The van der Waals surface area contributed by atoms with Gasteiger partial charge in [-0.15, -0.1) is 10.2 Å². The predicted octanol–water partition coefficient (Wildman–Crippen LogP) is 3.43. The molecule has 0 unspecified atom stereocenters. The van der Waals surface area contributed by atoms with Crippen molar-refractivity contribution in [2.75, 3.05) is 23.7 Å². The summed E-state index contributed by atoms with van der Waals surface area (Å²) in [5.74, 6) is -0.632. The highest BCUT2D eigenvalue weighted by molar-refractivity contribution is 7.15. The van der Waals surface area contributed by atoms with E-state index in [0.29, 0.717) is 24.1 Å². The number of carbonyl (C=O) groups excluding carboxylic acids is 2. The molecule has 136 valence electrons. The van der Waals surface area contributed by atoms with Crippen LogP contribution in [0.3, 0.4) is 0 Å². The second-order valence-electron chi connectivity index (χ2n) is 6.49. The quantitative estimate of drug-likeness (QED) is 0.857. The van der Waals surface area contributed by atoms with Crippen LogP contribution in [0.1, 0.15) is 47.0 Å². The molecule has 1 saturated heterocycles. The minimum absolute atomic E-state index is 0.0562. The van der Waals surface area contributed by atoms with Crippen LogP contribution < -0.4 is 10.6 Å². The predicted molar refractivity (Wildman–Crippen MR) is 96.1 cm³/mol. The molecule has 2 heterocycles. The van der Waals surface area contributed by atoms with E-state index in [-0.39, 0.29) is 17.3 Å². The lowest BCUT2D eigenvalue weighted by Crippen LogP contribution is -2.32. The molecule has 0 bridgehead atoms. The van der Waals surface area contributed by atoms with E-state index in [0.717, 1.165) is 36.8 Å². The minimum atomic E-state index is -0.551. The molecular formula is C17H18FN5O2S. The van der Waals surface area contributed by atoms with Crippen LogP contribution in [-0.4, -0.2) is 40.1 Å². The highest BCUT2D eigenvalue weighted by Gasteiger charge is 2.28. The molecule has 9 heteroatoms. The first kappa shape index (κ1) is 16.9. The summed E-state index contributed by atoms with van der Waals surface area (Å²) < 4.78 is 13.7. The summed E-state index contributed by atoms with van der Waals surface area (Å²) in [7, 11) is 0. The summed E-state index contributed by atoms with van der Waals surface area (Å²) in [6.45, 7) is 1.37. The lowest BCUT2D eigenvalue weighted by molar-refractivity contribution is 0.102. The molecule has 2 aliphatic rings. The van der Waals surface area contributed by atoms with Gasteiger partial charge in [0.2, 0.25) is 5.13 Å². The first-order valence-corrected chi connectivity index (χ1v) is 9.42. The van der Waals surface area contributed by atoms with Crippen LogP contribution in [0.4, 0.5) is 20.0 Å². The first-order chi connectivity index (χ1) is 12.6. The van der Waals surface area contributed by atoms with Crippen LogP contribution in [0.2, 0.25) is 0 Å². The number of rotatable bonds is 4. The van der Waals surface area contributed by atoms with E-state index in [4.69, 9.17) is 0 Å². The monoisotopic (exact) mass is 375 g/mol. The Morgan fingerprint density at radius 2 is 1.92 bits per heavy atom. The molecule has 1 aliphatic heterocycles. The maximum absolute atomic E-state index is 13.7. The fourth-order valence-corrected chi connectivity index (χ4v) is 3.78. The van der Waals surface area contributed by atoms with Gasteiger partial charge >= 0.3 is 6.03 Å². The molecule has 3 amide bonds. The van der Waals surface area contributed by atoms with Crippen LogP contribution in [0.25, 0.3) is 0 Å². The maximum atomic E-state index is 13.7. The standard InChI is InChI=1S/C17H18FN5O2S/c18-11-5-6-13(19-17(25)23-7-1-2-8-23)12(9-11)14(24)20-16-22-21-15(26-16)10-3-4-10/h5-6,9-10H,1-4,7-8H2,(H,19,25)(H,20,22,24). The summed E-state index contributed by atoms with van der Waals surface area (Å²) in [4.78, 5) is 26.5. The number of nitrogens with one attached hydrogen (secondary N) is 2. The Bertz CT molecular complexity index is 845. The molecule has 0 spiro atoms. The van der Waals surface area contributed by atoms with Crippen molar-refractivity contribution in [2.45, 2.75) is 31.6 Å². The Hall–Kier alpha value is -2.55. The number of carbonyl (C=O) groups is 2. The maximum Gasteiger partial charge on any atom is 0.321 e. The minimum Gasteiger partial charge on any atom is -0.325 e. The third-order valence-electron chi connectivity index (χ3n) is 4.45. The van der Waals surface area contributed by atoms with Crippen LogP contribution >= 0.6 is 11.3 Å². The highest BCUT2D eigenvalue weighted by Crippen LogP contribution is 2.42. The topological polar surface area (TPSA) is 87.2 Å². The molecule has 2 aromatic rings. The molecule has 4 rings (SSSR count). The Balaban J connectivity index is 1.50. The molecule has 2 N–H and O–H groups in total. The Labute approximate surface area is 153 Å². The number of hydrogen-bond acceptors (Lipinski definition) is 5. The normalized spacial score (nSPS) is 16.6. The number of amides is 3. The zero-order chi connectivity index (χ0) is 18.1. The summed E-state index contributed by atoms with van der Waals surface area (Å²) in [6, 6.07) is 3.44. The highest BCUT2D eigenvalue weighted by atomic mass is 32.1. The molecule has 1 saturated carbocycles. The smallest absolute Gasteiger partial charge is 0.321 e. The van der Waals surface area contributed by atoms with Crippen LogP contribution in [0.5, 0.6) is 0 Å². The molecular weight excluding hydrogens is 357 g/mol. The van der Waals surface area contributed by atoms with Gasteiger partial charge in [0.1, 0.15) is 10.8 Å². The van der Waals surface area contributed by atoms with E-state index >= 15 is 0 Å². The van der Waals surface area contributed by atoms with E-state index in [1.54, 1.807) is 4.90 Å². The second-order valence-corrected chi connectivity index (χ2v) is 7.50. The Morgan fingerprint density at radius 1 is 1.15 bits per heavy atom. The Kier molecular flexibility index (Phi) is 4.54. The van der Waals surface area contributed by atoms with E-state index in [9.17, 15) is 14.0 Å². The first-order valence-electron chi connectivity index (χ1n) is 8.60. The van der Waals surface area contributed by atoms with Gasteiger partial charge in [0, 0.05) is 19.0 Å². The number of nitrogens with zero attached hydrogens (tertiary/aromatic N) is 3. The SMILES string of the molecule is O=C(Nc1nnc(C2CC2)s1)c1cc(F)ccc1NC(=O)N1CCCC1. The van der Waals surface area contributed by atoms with Crippen molar-refractivity contribution in [3.63, 3.8) is 0 Å². The average molecular weight is 375 g/mol. The summed E-state index contributed by atoms with van der Waals surface area (Å²) in [5.41, 5.74) is 0.327. The largest absolute Gasteiger partial charge is 0.325 e. The lowest BCUT2D eigenvalue weighted by Gasteiger charge is -2.17. The van der Waals surface area contributed by atoms with Crippen molar-refractivity contribution < 1.29 is 14.0 Å². The summed E-state index contributed by atoms with van der Waals surface area (Å²) >= 11 is 1.33. The summed E-state index contributed by atoms with van der Waals surface area (Å²) in [5, 5.41) is 14.7. The number of halogens is 1. The number of urea groups is 1. The molecule has 7 nitrogen and oxygen atoms in total. The number of anilines is 2. The number of benzene rings is 1. The van der Waals surface area contributed by atoms with Gasteiger partial charge in [0.05, 0.1) is 11.3 Å². The molecule has 0 atom stereocenters. The molecule has 1 aromatic heterocycles. The van der Waals surface area contributed by atoms with Gasteiger partial charge in [-0.05, 0) is 43.9 Å². The average Bonchev–Trinajstić information content (AvgIpc) is 3.13. The second kappa shape index (κ2) is 6.99. The zero-order valence-corrected chi connectivity index (χ0v) is 14.8. The van der Waals surface area contributed by atoms with E-state index < -0.39 is 11.7 Å². The van der Waals surface area contributed by atoms with Crippen molar-refractivity contribution >= 4 is 34.1 Å². The molecule has 2 fully saturated rings.